The largest absolute Gasteiger partial charge is 0.444 e. The van der Waals surface area contributed by atoms with Crippen LogP contribution in [0.2, 0.25) is 0 Å². The molecule has 0 saturated heterocycles. The number of hydrogen-bond donors (Lipinski definition) is 1. The van der Waals surface area contributed by atoms with E-state index in [9.17, 15) is 9.59 Å². The number of allylic oxidation sites excluding steroid dienone is 1. The van der Waals surface area contributed by atoms with Crippen LogP contribution < -0.4 is 5.32 Å². The third kappa shape index (κ3) is 5.90. The maximum atomic E-state index is 11.0. The lowest BCUT2D eigenvalue weighted by molar-refractivity contribution is -0.114. The van der Waals surface area contributed by atoms with Gasteiger partial charge in [-0.3, -0.25) is 10.1 Å². The average molecular weight is 185 g/mol. The van der Waals surface area contributed by atoms with E-state index in [0.717, 1.165) is 0 Å². The van der Waals surface area contributed by atoms with E-state index in [4.69, 9.17) is 4.74 Å². The Morgan fingerprint density at radius 1 is 1.31 bits per heavy atom. The molecule has 4 nitrogen and oxygen atoms in total. The topological polar surface area (TPSA) is 55.4 Å². The van der Waals surface area contributed by atoms with E-state index in [1.54, 1.807) is 20.8 Å². The number of ether oxygens (including phenoxy) is 1. The Balaban J connectivity index is 4.04. The quantitative estimate of drug-likeness (QED) is 0.665. The second-order valence-corrected chi connectivity index (χ2v) is 3.66. The third-order valence-electron chi connectivity index (χ3n) is 1.08. The van der Waals surface area contributed by atoms with E-state index in [2.05, 4.69) is 11.9 Å². The van der Waals surface area contributed by atoms with Gasteiger partial charge in [-0.05, 0) is 20.8 Å². The lowest BCUT2D eigenvalue weighted by Gasteiger charge is -2.19. The van der Waals surface area contributed by atoms with Gasteiger partial charge >= 0.3 is 6.09 Å². The first-order valence-electron chi connectivity index (χ1n) is 3.92. The number of ketones is 1. The zero-order valence-corrected chi connectivity index (χ0v) is 8.43. The molecule has 0 radical (unpaired) electrons. The number of hydrogen-bond acceptors (Lipinski definition) is 3. The minimum atomic E-state index is -0.660. The van der Waals surface area contributed by atoms with Gasteiger partial charge in [0.1, 0.15) is 5.60 Å². The number of alkyl carbamates (subject to hydrolysis) is 1. The van der Waals surface area contributed by atoms with Gasteiger partial charge in [0.05, 0.1) is 5.70 Å². The molecule has 0 rings (SSSR count). The van der Waals surface area contributed by atoms with E-state index < -0.39 is 11.7 Å². The fourth-order valence-electron chi connectivity index (χ4n) is 0.515. The van der Waals surface area contributed by atoms with Crippen LogP contribution in [0.3, 0.4) is 0 Å². The summed E-state index contributed by atoms with van der Waals surface area (Å²) in [5, 5.41) is 2.23. The molecule has 13 heavy (non-hydrogen) atoms. The van der Waals surface area contributed by atoms with E-state index in [-0.39, 0.29) is 11.5 Å². The summed E-state index contributed by atoms with van der Waals surface area (Å²) in [6.07, 6.45) is -0.660. The maximum Gasteiger partial charge on any atom is 0.412 e. The van der Waals surface area contributed by atoms with E-state index in [1.165, 1.54) is 6.92 Å². The van der Waals surface area contributed by atoms with Gasteiger partial charge in [-0.15, -0.1) is 0 Å². The molecule has 0 atom stereocenters. The highest BCUT2D eigenvalue weighted by molar-refractivity contribution is 5.95. The zero-order valence-electron chi connectivity index (χ0n) is 8.43. The minimum absolute atomic E-state index is 0.0363. The van der Waals surface area contributed by atoms with Crippen LogP contribution in [-0.4, -0.2) is 17.5 Å². The summed E-state index contributed by atoms with van der Waals surface area (Å²) in [5.41, 5.74) is -0.532. The number of rotatable bonds is 2. The Labute approximate surface area is 78.0 Å². The standard InChI is InChI=1S/C9H15NO3/c1-6(7(2)11)10-8(12)13-9(3,4)5/h1H2,2-5H3,(H,10,12). The van der Waals surface area contributed by atoms with Crippen molar-refractivity contribution in [2.24, 2.45) is 0 Å². The molecule has 4 heteroatoms. The second-order valence-electron chi connectivity index (χ2n) is 3.66. The van der Waals surface area contributed by atoms with Crippen LogP contribution in [0, 0.1) is 0 Å². The molecule has 0 fully saturated rings. The second kappa shape index (κ2) is 4.07. The van der Waals surface area contributed by atoms with Gasteiger partial charge in [-0.2, -0.15) is 0 Å². The van der Waals surface area contributed by atoms with Crippen molar-refractivity contribution < 1.29 is 14.3 Å². The van der Waals surface area contributed by atoms with Gasteiger partial charge < -0.3 is 4.74 Å². The summed E-state index contributed by atoms with van der Waals surface area (Å²) in [4.78, 5) is 21.7. The summed E-state index contributed by atoms with van der Waals surface area (Å²) in [6.45, 7) is 9.90. The lowest BCUT2D eigenvalue weighted by Crippen LogP contribution is -2.33. The van der Waals surface area contributed by atoms with Crippen LogP contribution in [0.25, 0.3) is 0 Å². The van der Waals surface area contributed by atoms with Crippen molar-refractivity contribution in [2.75, 3.05) is 0 Å². The molecule has 0 aromatic carbocycles. The molecule has 0 aliphatic carbocycles. The Morgan fingerprint density at radius 3 is 2.08 bits per heavy atom. The fourth-order valence-corrected chi connectivity index (χ4v) is 0.515. The lowest BCUT2D eigenvalue weighted by atomic mass is 10.2. The fraction of sp³-hybridized carbons (Fsp3) is 0.556. The van der Waals surface area contributed by atoms with Crippen molar-refractivity contribution in [3.05, 3.63) is 12.3 Å². The van der Waals surface area contributed by atoms with E-state index >= 15 is 0 Å². The van der Waals surface area contributed by atoms with Crippen molar-refractivity contribution in [3.8, 4) is 0 Å². The first-order chi connectivity index (χ1) is 5.72. The molecule has 0 bridgehead atoms. The van der Waals surface area contributed by atoms with Crippen molar-refractivity contribution in [1.82, 2.24) is 5.32 Å². The maximum absolute atomic E-state index is 11.0. The Hall–Kier alpha value is -1.32. The molecule has 0 aliphatic heterocycles. The molecule has 74 valence electrons. The molecule has 0 spiro atoms. The number of carbonyl (C=O) groups is 2. The van der Waals surface area contributed by atoms with Gasteiger partial charge in [0.2, 0.25) is 0 Å². The highest BCUT2D eigenvalue weighted by Crippen LogP contribution is 2.06. The van der Waals surface area contributed by atoms with Crippen molar-refractivity contribution in [2.45, 2.75) is 33.3 Å². The number of Topliss-reactive ketones (excluding diaryl/α,β-unsaturated/α-hetero) is 1. The molecule has 1 N–H and O–H groups in total. The highest BCUT2D eigenvalue weighted by Gasteiger charge is 2.17. The summed E-state index contributed by atoms with van der Waals surface area (Å²) in [7, 11) is 0. The third-order valence-corrected chi connectivity index (χ3v) is 1.08. The predicted octanol–water partition coefficient (Wildman–Crippen LogP) is 1.61. The van der Waals surface area contributed by atoms with Crippen LogP contribution in [0.1, 0.15) is 27.7 Å². The SMILES string of the molecule is C=C(NC(=O)OC(C)(C)C)C(C)=O. The monoisotopic (exact) mass is 185 g/mol. The van der Waals surface area contributed by atoms with Crippen LogP contribution in [0.4, 0.5) is 4.79 Å². The molecule has 0 aromatic heterocycles. The smallest absolute Gasteiger partial charge is 0.412 e. The normalized spacial score (nSPS) is 10.5. The molecule has 0 heterocycles. The number of carbonyl (C=O) groups excluding carboxylic acids is 2. The Kier molecular flexibility index (Phi) is 3.66. The molecule has 1 amide bonds. The van der Waals surface area contributed by atoms with Crippen LogP contribution in [0.5, 0.6) is 0 Å². The minimum Gasteiger partial charge on any atom is -0.444 e. The van der Waals surface area contributed by atoms with Crippen molar-refractivity contribution in [1.29, 1.82) is 0 Å². The van der Waals surface area contributed by atoms with Crippen LogP contribution in [-0.2, 0) is 9.53 Å². The van der Waals surface area contributed by atoms with E-state index in [0.29, 0.717) is 0 Å². The zero-order chi connectivity index (χ0) is 10.6. The van der Waals surface area contributed by atoms with Crippen LogP contribution >= 0.6 is 0 Å². The number of amides is 1. The van der Waals surface area contributed by atoms with Crippen molar-refractivity contribution in [3.63, 3.8) is 0 Å². The predicted molar refractivity (Wildman–Crippen MR) is 49.2 cm³/mol. The molecular formula is C9H15NO3. The van der Waals surface area contributed by atoms with Gasteiger partial charge in [0.15, 0.2) is 5.78 Å². The molecule has 0 aromatic rings. The van der Waals surface area contributed by atoms with E-state index in [1.807, 2.05) is 0 Å². The molecular weight excluding hydrogens is 170 g/mol. The van der Waals surface area contributed by atoms with Gasteiger partial charge in [0.25, 0.3) is 0 Å². The summed E-state index contributed by atoms with van der Waals surface area (Å²) in [5.74, 6) is -0.286. The Morgan fingerprint density at radius 2 is 1.77 bits per heavy atom. The molecule has 0 unspecified atom stereocenters. The van der Waals surface area contributed by atoms with Crippen molar-refractivity contribution >= 4 is 11.9 Å². The average Bonchev–Trinajstić information content (AvgIpc) is 1.81. The first kappa shape index (κ1) is 11.7. The van der Waals surface area contributed by atoms with Crippen LogP contribution in [0.15, 0.2) is 12.3 Å². The molecule has 0 saturated carbocycles. The highest BCUT2D eigenvalue weighted by atomic mass is 16.6. The van der Waals surface area contributed by atoms with Gasteiger partial charge in [-0.1, -0.05) is 6.58 Å². The summed E-state index contributed by atoms with van der Waals surface area (Å²) < 4.78 is 4.90. The summed E-state index contributed by atoms with van der Waals surface area (Å²) >= 11 is 0. The first-order valence-corrected chi connectivity index (χ1v) is 3.92. The Bertz CT molecular complexity index is 238. The molecule has 0 aliphatic rings. The number of nitrogens with one attached hydrogen (secondary N) is 1. The van der Waals surface area contributed by atoms with Gasteiger partial charge in [-0.25, -0.2) is 4.79 Å². The van der Waals surface area contributed by atoms with Gasteiger partial charge in [0, 0.05) is 6.92 Å². The summed E-state index contributed by atoms with van der Waals surface area (Å²) in [6, 6.07) is 0.